The molecule has 0 bridgehead atoms. The second kappa shape index (κ2) is 6.32. The predicted molar refractivity (Wildman–Crippen MR) is 100 cm³/mol. The van der Waals surface area contributed by atoms with Gasteiger partial charge in [0, 0.05) is 17.6 Å². The first-order valence-corrected chi connectivity index (χ1v) is 10.1. The van der Waals surface area contributed by atoms with E-state index in [9.17, 15) is 8.42 Å². The third kappa shape index (κ3) is 2.87. The van der Waals surface area contributed by atoms with Gasteiger partial charge in [-0.25, -0.2) is 12.4 Å². The summed E-state index contributed by atoms with van der Waals surface area (Å²) >= 11 is 0. The summed E-state index contributed by atoms with van der Waals surface area (Å²) in [6.45, 7) is 1.12. The monoisotopic (exact) mass is 354 g/mol. The van der Waals surface area contributed by atoms with Crippen molar-refractivity contribution in [2.24, 2.45) is 0 Å². The van der Waals surface area contributed by atoms with Crippen molar-refractivity contribution in [1.82, 2.24) is 8.87 Å². The van der Waals surface area contributed by atoms with Crippen molar-refractivity contribution in [1.29, 1.82) is 0 Å². The van der Waals surface area contributed by atoms with E-state index in [0.29, 0.717) is 10.9 Å². The van der Waals surface area contributed by atoms with Crippen LogP contribution < -0.4 is 0 Å². The van der Waals surface area contributed by atoms with Gasteiger partial charge in [0.25, 0.3) is 10.0 Å². The van der Waals surface area contributed by atoms with Gasteiger partial charge in [-0.1, -0.05) is 36.4 Å². The molecule has 5 heteroatoms. The maximum absolute atomic E-state index is 13.1. The smallest absolute Gasteiger partial charge is 0.268 e. The molecule has 0 spiro atoms. The first kappa shape index (κ1) is 16.4. The molecule has 1 aromatic heterocycles. The molecule has 0 saturated carbocycles. The van der Waals surface area contributed by atoms with Gasteiger partial charge in [-0.2, -0.15) is 0 Å². The Bertz CT molecular complexity index is 993. The van der Waals surface area contributed by atoms with Crippen LogP contribution in [0.1, 0.15) is 18.4 Å². The fourth-order valence-electron chi connectivity index (χ4n) is 3.78. The van der Waals surface area contributed by atoms with Gasteiger partial charge in [0.2, 0.25) is 0 Å². The maximum atomic E-state index is 13.1. The van der Waals surface area contributed by atoms with Crippen molar-refractivity contribution in [2.45, 2.75) is 30.2 Å². The molecule has 0 radical (unpaired) electrons. The van der Waals surface area contributed by atoms with Gasteiger partial charge >= 0.3 is 0 Å². The largest absolute Gasteiger partial charge is 0.303 e. The Labute approximate surface area is 148 Å². The summed E-state index contributed by atoms with van der Waals surface area (Å²) in [4.78, 5) is 2.69. The molecule has 2 heterocycles. The number of aromatic nitrogens is 1. The van der Waals surface area contributed by atoms with Crippen LogP contribution in [0.25, 0.3) is 10.9 Å². The predicted octanol–water partition coefficient (Wildman–Crippen LogP) is 3.52. The normalized spacial score (nSPS) is 18.8. The number of likely N-dealkylation sites (tertiary alicyclic amines) is 1. The van der Waals surface area contributed by atoms with Crippen molar-refractivity contribution in [3.63, 3.8) is 0 Å². The van der Waals surface area contributed by atoms with Gasteiger partial charge in [0.1, 0.15) is 0 Å². The van der Waals surface area contributed by atoms with Gasteiger partial charge in [0.05, 0.1) is 10.4 Å². The number of benzene rings is 2. The molecule has 0 unspecified atom stereocenters. The highest BCUT2D eigenvalue weighted by molar-refractivity contribution is 7.90. The zero-order valence-electron chi connectivity index (χ0n) is 14.3. The van der Waals surface area contributed by atoms with Crippen LogP contribution in [0.15, 0.2) is 65.7 Å². The number of hydrogen-bond acceptors (Lipinski definition) is 3. The summed E-state index contributed by atoms with van der Waals surface area (Å²) < 4.78 is 27.7. The van der Waals surface area contributed by atoms with E-state index < -0.39 is 10.0 Å². The molecule has 3 aromatic rings. The molecule has 1 saturated heterocycles. The molecular weight excluding hydrogens is 332 g/mol. The summed E-state index contributed by atoms with van der Waals surface area (Å²) in [5.41, 5.74) is 1.86. The molecule has 1 fully saturated rings. The zero-order chi connectivity index (χ0) is 17.4. The van der Waals surface area contributed by atoms with E-state index in [1.54, 1.807) is 24.3 Å². The SMILES string of the molecule is CN1CCC[C@H]1Cc1cn(S(=O)(=O)c2ccccc2)c2ccccc12. The Morgan fingerprint density at radius 3 is 2.48 bits per heavy atom. The highest BCUT2D eigenvalue weighted by Crippen LogP contribution is 2.29. The fraction of sp³-hybridized carbons (Fsp3) is 0.300. The van der Waals surface area contributed by atoms with Crippen LogP contribution in [-0.2, 0) is 16.4 Å². The quantitative estimate of drug-likeness (QED) is 0.720. The Kier molecular flexibility index (Phi) is 4.13. The number of nitrogens with zero attached hydrogens (tertiary/aromatic N) is 2. The van der Waals surface area contributed by atoms with Crippen molar-refractivity contribution < 1.29 is 8.42 Å². The number of hydrogen-bond donors (Lipinski definition) is 0. The van der Waals surface area contributed by atoms with Gasteiger partial charge in [-0.05, 0) is 56.6 Å². The van der Waals surface area contributed by atoms with E-state index in [2.05, 4.69) is 11.9 Å². The Morgan fingerprint density at radius 1 is 1.04 bits per heavy atom. The fourth-order valence-corrected chi connectivity index (χ4v) is 5.19. The van der Waals surface area contributed by atoms with Crippen LogP contribution in [0.2, 0.25) is 0 Å². The lowest BCUT2D eigenvalue weighted by Gasteiger charge is -2.18. The van der Waals surface area contributed by atoms with Crippen molar-refractivity contribution in [3.05, 3.63) is 66.4 Å². The van der Waals surface area contributed by atoms with E-state index >= 15 is 0 Å². The van der Waals surface area contributed by atoms with Gasteiger partial charge in [-0.15, -0.1) is 0 Å². The lowest BCUT2D eigenvalue weighted by atomic mass is 10.0. The van der Waals surface area contributed by atoms with Crippen molar-refractivity contribution in [2.75, 3.05) is 13.6 Å². The number of fused-ring (bicyclic) bond motifs is 1. The highest BCUT2D eigenvalue weighted by atomic mass is 32.2. The second-order valence-corrected chi connectivity index (χ2v) is 8.58. The van der Waals surface area contributed by atoms with Crippen LogP contribution in [0.4, 0.5) is 0 Å². The Morgan fingerprint density at radius 2 is 1.76 bits per heavy atom. The third-order valence-corrected chi connectivity index (χ3v) is 6.88. The van der Waals surface area contributed by atoms with Crippen LogP contribution >= 0.6 is 0 Å². The summed E-state index contributed by atoms with van der Waals surface area (Å²) in [5, 5.41) is 1.03. The molecule has 1 aliphatic rings. The topological polar surface area (TPSA) is 42.3 Å². The minimum Gasteiger partial charge on any atom is -0.303 e. The van der Waals surface area contributed by atoms with E-state index in [1.165, 1.54) is 16.8 Å². The van der Waals surface area contributed by atoms with E-state index in [4.69, 9.17) is 0 Å². The zero-order valence-corrected chi connectivity index (χ0v) is 15.1. The Balaban J connectivity index is 1.83. The lowest BCUT2D eigenvalue weighted by molar-refractivity contribution is 0.310. The lowest BCUT2D eigenvalue weighted by Crippen LogP contribution is -2.26. The number of rotatable bonds is 4. The molecule has 0 aliphatic carbocycles. The molecule has 2 aromatic carbocycles. The first-order valence-electron chi connectivity index (χ1n) is 8.67. The van der Waals surface area contributed by atoms with Crippen LogP contribution in [-0.4, -0.2) is 36.9 Å². The van der Waals surface area contributed by atoms with E-state index in [1.807, 2.05) is 36.5 Å². The minimum absolute atomic E-state index is 0.320. The molecule has 4 rings (SSSR count). The van der Waals surface area contributed by atoms with Crippen LogP contribution in [0.5, 0.6) is 0 Å². The van der Waals surface area contributed by atoms with Crippen molar-refractivity contribution >= 4 is 20.9 Å². The maximum Gasteiger partial charge on any atom is 0.268 e. The average Bonchev–Trinajstić information content (AvgIpc) is 3.21. The summed E-state index contributed by atoms with van der Waals surface area (Å²) in [7, 11) is -1.44. The molecule has 0 amide bonds. The molecular formula is C20H22N2O2S. The highest BCUT2D eigenvalue weighted by Gasteiger charge is 2.25. The van der Waals surface area contributed by atoms with Crippen LogP contribution in [0, 0.1) is 0 Å². The molecule has 130 valence electrons. The second-order valence-electron chi connectivity index (χ2n) is 6.77. The van der Waals surface area contributed by atoms with Crippen LogP contribution in [0.3, 0.4) is 0 Å². The summed E-state index contributed by atoms with van der Waals surface area (Å²) in [5.74, 6) is 0. The molecule has 4 nitrogen and oxygen atoms in total. The summed E-state index contributed by atoms with van der Waals surface area (Å²) in [6.07, 6.45) is 5.08. The van der Waals surface area contributed by atoms with Gasteiger partial charge in [-0.3, -0.25) is 0 Å². The minimum atomic E-state index is -3.59. The number of likely N-dealkylation sites (N-methyl/N-ethyl adjacent to an activating group) is 1. The van der Waals surface area contributed by atoms with E-state index in [0.717, 1.165) is 29.4 Å². The molecule has 1 aliphatic heterocycles. The molecule has 1 atom stereocenters. The summed E-state index contributed by atoms with van der Waals surface area (Å²) in [6, 6.07) is 16.9. The first-order chi connectivity index (χ1) is 12.1. The van der Waals surface area contributed by atoms with Gasteiger partial charge < -0.3 is 4.90 Å². The van der Waals surface area contributed by atoms with Gasteiger partial charge in [0.15, 0.2) is 0 Å². The molecule has 0 N–H and O–H groups in total. The number of para-hydroxylation sites is 1. The third-order valence-electron chi connectivity index (χ3n) is 5.19. The molecule has 25 heavy (non-hydrogen) atoms. The Hall–Kier alpha value is -2.11. The van der Waals surface area contributed by atoms with Crippen molar-refractivity contribution in [3.8, 4) is 0 Å². The standard InChI is InChI=1S/C20H22N2O2S/c1-21-13-7-8-17(21)14-16-15-22(20-12-6-5-11-19(16)20)25(23,24)18-9-3-2-4-10-18/h2-6,9-12,15,17H,7-8,13-14H2,1H3/t17-/m0/s1. The van der Waals surface area contributed by atoms with E-state index in [-0.39, 0.29) is 0 Å². The average molecular weight is 354 g/mol.